The summed E-state index contributed by atoms with van der Waals surface area (Å²) < 4.78 is 40.0. The Morgan fingerprint density at radius 1 is 1.17 bits per heavy atom. The van der Waals surface area contributed by atoms with E-state index in [0.717, 1.165) is 26.2 Å². The van der Waals surface area contributed by atoms with Crippen molar-refractivity contribution < 1.29 is 12.8 Å². The van der Waals surface area contributed by atoms with Gasteiger partial charge in [0.25, 0.3) is 0 Å². The average molecular weight is 343 g/mol. The maximum absolute atomic E-state index is 13.8. The average Bonchev–Trinajstić information content (AvgIpc) is 2.47. The van der Waals surface area contributed by atoms with E-state index in [1.54, 1.807) is 12.1 Å². The lowest BCUT2D eigenvalue weighted by Gasteiger charge is -2.36. The molecule has 7 heteroatoms. The maximum atomic E-state index is 13.8. The van der Waals surface area contributed by atoms with E-state index in [2.05, 4.69) is 9.62 Å². The summed E-state index contributed by atoms with van der Waals surface area (Å²) in [6.45, 7) is 8.00. The van der Waals surface area contributed by atoms with E-state index in [1.807, 2.05) is 24.8 Å². The molecule has 0 amide bonds. The van der Waals surface area contributed by atoms with Gasteiger partial charge in [-0.2, -0.15) is 0 Å². The molecule has 130 valence electrons. The molecular weight excluding hydrogens is 317 g/mol. The zero-order valence-electron chi connectivity index (χ0n) is 13.8. The lowest BCUT2D eigenvalue weighted by atomic mass is 10.2. The summed E-state index contributed by atoms with van der Waals surface area (Å²) in [7, 11) is -3.18. The number of piperazine rings is 1. The molecule has 1 heterocycles. The van der Waals surface area contributed by atoms with Gasteiger partial charge in [-0.25, -0.2) is 17.5 Å². The van der Waals surface area contributed by atoms with Gasteiger partial charge in [0.2, 0.25) is 10.0 Å². The van der Waals surface area contributed by atoms with Crippen molar-refractivity contribution in [3.8, 4) is 0 Å². The maximum Gasteiger partial charge on any atom is 0.211 e. The highest BCUT2D eigenvalue weighted by Crippen LogP contribution is 2.19. The van der Waals surface area contributed by atoms with Crippen LogP contribution in [0.25, 0.3) is 0 Å². The van der Waals surface area contributed by atoms with Gasteiger partial charge in [-0.1, -0.05) is 26.0 Å². The molecule has 0 radical (unpaired) electrons. The third-order valence-corrected chi connectivity index (χ3v) is 5.62. The number of nitrogens with one attached hydrogen (secondary N) is 1. The van der Waals surface area contributed by atoms with E-state index in [0.29, 0.717) is 18.8 Å². The quantitative estimate of drug-likeness (QED) is 0.816. The second-order valence-corrected chi connectivity index (χ2v) is 8.20. The van der Waals surface area contributed by atoms with Gasteiger partial charge in [-0.3, -0.25) is 4.90 Å². The van der Waals surface area contributed by atoms with E-state index in [-0.39, 0.29) is 17.5 Å². The minimum atomic E-state index is -3.18. The highest BCUT2D eigenvalue weighted by molar-refractivity contribution is 7.89. The van der Waals surface area contributed by atoms with Crippen LogP contribution in [0, 0.1) is 11.7 Å². The molecule has 5 nitrogen and oxygen atoms in total. The van der Waals surface area contributed by atoms with Gasteiger partial charge in [0, 0.05) is 39.3 Å². The van der Waals surface area contributed by atoms with Crippen molar-refractivity contribution in [3.63, 3.8) is 0 Å². The monoisotopic (exact) mass is 343 g/mol. The molecule has 2 rings (SSSR count). The molecule has 23 heavy (non-hydrogen) atoms. The summed E-state index contributed by atoms with van der Waals surface area (Å²) in [5, 5.41) is 0. The predicted molar refractivity (Wildman–Crippen MR) is 91.7 cm³/mol. The summed E-state index contributed by atoms with van der Waals surface area (Å²) in [6, 6.07) is 6.81. The first-order valence-electron chi connectivity index (χ1n) is 8.06. The number of rotatable bonds is 7. The lowest BCUT2D eigenvalue weighted by molar-refractivity contribution is 0.261. The Bertz CT molecular complexity index is 599. The fourth-order valence-electron chi connectivity index (χ4n) is 2.78. The van der Waals surface area contributed by atoms with Gasteiger partial charge < -0.3 is 4.90 Å². The summed E-state index contributed by atoms with van der Waals surface area (Å²) in [5.74, 6) is 0.0906. The van der Waals surface area contributed by atoms with Gasteiger partial charge >= 0.3 is 0 Å². The first-order valence-corrected chi connectivity index (χ1v) is 9.72. The summed E-state index contributed by atoms with van der Waals surface area (Å²) in [5.41, 5.74) is 0.643. The number of hydrogen-bond acceptors (Lipinski definition) is 4. The summed E-state index contributed by atoms with van der Waals surface area (Å²) in [4.78, 5) is 4.24. The zero-order chi connectivity index (χ0) is 16.9. The van der Waals surface area contributed by atoms with E-state index >= 15 is 0 Å². The molecule has 0 aromatic heterocycles. The number of anilines is 1. The predicted octanol–water partition coefficient (Wildman–Crippen LogP) is 1.52. The lowest BCUT2D eigenvalue weighted by Crippen LogP contribution is -2.48. The Labute approximate surface area is 138 Å². The molecule has 0 aliphatic carbocycles. The molecule has 1 aromatic rings. The zero-order valence-corrected chi connectivity index (χ0v) is 14.7. The van der Waals surface area contributed by atoms with Crippen LogP contribution in [0.2, 0.25) is 0 Å². The molecule has 0 unspecified atom stereocenters. The topological polar surface area (TPSA) is 52.7 Å². The molecule has 0 atom stereocenters. The third kappa shape index (κ3) is 5.75. The summed E-state index contributed by atoms with van der Waals surface area (Å²) in [6.07, 6.45) is 0. The molecule has 1 N–H and O–H groups in total. The number of benzene rings is 1. The molecular formula is C16H26FN3O2S. The van der Waals surface area contributed by atoms with Gasteiger partial charge in [0.15, 0.2) is 0 Å². The fourth-order valence-corrected chi connectivity index (χ4v) is 4.18. The second kappa shape index (κ2) is 8.08. The van der Waals surface area contributed by atoms with Crippen LogP contribution < -0.4 is 9.62 Å². The van der Waals surface area contributed by atoms with Crippen molar-refractivity contribution >= 4 is 15.7 Å². The van der Waals surface area contributed by atoms with Crippen molar-refractivity contribution in [2.24, 2.45) is 5.92 Å². The van der Waals surface area contributed by atoms with Crippen LogP contribution in [-0.2, 0) is 10.0 Å². The number of halogens is 1. The Hall–Kier alpha value is -1.18. The van der Waals surface area contributed by atoms with E-state index < -0.39 is 10.0 Å². The first-order chi connectivity index (χ1) is 10.9. The van der Waals surface area contributed by atoms with Crippen LogP contribution in [0.3, 0.4) is 0 Å². The molecule has 1 saturated heterocycles. The first kappa shape index (κ1) is 18.2. The molecule has 0 bridgehead atoms. The van der Waals surface area contributed by atoms with Crippen LogP contribution in [0.1, 0.15) is 13.8 Å². The van der Waals surface area contributed by atoms with Crippen LogP contribution in [0.15, 0.2) is 24.3 Å². The van der Waals surface area contributed by atoms with Crippen LogP contribution in [0.5, 0.6) is 0 Å². The van der Waals surface area contributed by atoms with E-state index in [1.165, 1.54) is 6.07 Å². The normalized spacial score (nSPS) is 17.0. The highest BCUT2D eigenvalue weighted by Gasteiger charge is 2.19. The largest absolute Gasteiger partial charge is 0.367 e. The van der Waals surface area contributed by atoms with E-state index in [4.69, 9.17) is 0 Å². The van der Waals surface area contributed by atoms with Crippen molar-refractivity contribution in [1.29, 1.82) is 0 Å². The SMILES string of the molecule is CC(C)CS(=O)(=O)NCCN1CCN(c2ccccc2F)CC1. The Kier molecular flexibility index (Phi) is 6.38. The van der Waals surface area contributed by atoms with Crippen molar-refractivity contribution in [1.82, 2.24) is 9.62 Å². The Balaban J connectivity index is 1.74. The molecule has 0 saturated carbocycles. The molecule has 1 aromatic carbocycles. The van der Waals surface area contributed by atoms with Crippen LogP contribution in [-0.4, -0.2) is 58.3 Å². The van der Waals surface area contributed by atoms with E-state index in [9.17, 15) is 12.8 Å². The molecule has 0 spiro atoms. The number of hydrogen-bond donors (Lipinski definition) is 1. The standard InChI is InChI=1S/C16H26FN3O2S/c1-14(2)13-23(21,22)18-7-8-19-9-11-20(12-10-19)16-6-4-3-5-15(16)17/h3-6,14,18H,7-13H2,1-2H3. The van der Waals surface area contributed by atoms with Gasteiger partial charge in [0.05, 0.1) is 11.4 Å². The Morgan fingerprint density at radius 2 is 1.83 bits per heavy atom. The second-order valence-electron chi connectivity index (χ2n) is 6.35. The number of sulfonamides is 1. The van der Waals surface area contributed by atoms with Crippen molar-refractivity contribution in [2.45, 2.75) is 13.8 Å². The third-order valence-electron chi connectivity index (χ3n) is 3.87. The minimum Gasteiger partial charge on any atom is -0.367 e. The minimum absolute atomic E-state index is 0.122. The molecule has 1 aliphatic heterocycles. The summed E-state index contributed by atoms with van der Waals surface area (Å²) >= 11 is 0. The number of nitrogens with zero attached hydrogens (tertiary/aromatic N) is 2. The highest BCUT2D eigenvalue weighted by atomic mass is 32.2. The smallest absolute Gasteiger partial charge is 0.211 e. The molecule has 1 fully saturated rings. The van der Waals surface area contributed by atoms with Gasteiger partial charge in [0.1, 0.15) is 5.82 Å². The van der Waals surface area contributed by atoms with Gasteiger partial charge in [-0.15, -0.1) is 0 Å². The van der Waals surface area contributed by atoms with Crippen molar-refractivity contribution in [3.05, 3.63) is 30.1 Å². The van der Waals surface area contributed by atoms with Gasteiger partial charge in [-0.05, 0) is 18.1 Å². The molecule has 1 aliphatic rings. The van der Waals surface area contributed by atoms with Crippen LogP contribution in [0.4, 0.5) is 10.1 Å². The Morgan fingerprint density at radius 3 is 2.43 bits per heavy atom. The fraction of sp³-hybridized carbons (Fsp3) is 0.625. The van der Waals surface area contributed by atoms with Crippen LogP contribution >= 0.6 is 0 Å². The van der Waals surface area contributed by atoms with Crippen molar-refractivity contribution in [2.75, 3.05) is 49.9 Å². The number of para-hydroxylation sites is 1.